The number of amides is 1. The lowest BCUT2D eigenvalue weighted by molar-refractivity contribution is -0.126. The third-order valence-electron chi connectivity index (χ3n) is 4.87. The predicted octanol–water partition coefficient (Wildman–Crippen LogP) is 3.11. The third-order valence-corrected chi connectivity index (χ3v) is 5.18. The summed E-state index contributed by atoms with van der Waals surface area (Å²) in [5, 5.41) is 3.11. The van der Waals surface area contributed by atoms with E-state index in [-0.39, 0.29) is 22.9 Å². The monoisotopic (exact) mass is 355 g/mol. The van der Waals surface area contributed by atoms with Gasteiger partial charge < -0.3 is 11.1 Å². The van der Waals surface area contributed by atoms with E-state index in [1.54, 1.807) is 13.0 Å². The largest absolute Gasteiger partial charge is 0.354 e. The summed E-state index contributed by atoms with van der Waals surface area (Å²) < 4.78 is 13.8. The summed E-state index contributed by atoms with van der Waals surface area (Å²) in [6.45, 7) is 5.22. The van der Waals surface area contributed by atoms with Crippen LogP contribution in [0.2, 0.25) is 5.02 Å². The fourth-order valence-corrected chi connectivity index (χ4v) is 3.64. The first-order chi connectivity index (χ1) is 11.3. The molecule has 4 nitrogen and oxygen atoms in total. The molecule has 3 N–H and O–H groups in total. The maximum Gasteiger partial charge on any atom is 0.239 e. The molecule has 3 unspecified atom stereocenters. The highest BCUT2D eigenvalue weighted by molar-refractivity contribution is 6.30. The molecule has 134 valence electrons. The molecule has 1 aromatic rings. The van der Waals surface area contributed by atoms with Crippen LogP contribution in [0.3, 0.4) is 0 Å². The minimum absolute atomic E-state index is 0.0623. The lowest BCUT2D eigenvalue weighted by Crippen LogP contribution is -2.52. The van der Waals surface area contributed by atoms with Crippen molar-refractivity contribution in [3.63, 3.8) is 0 Å². The average Bonchev–Trinajstić information content (AvgIpc) is 2.88. The van der Waals surface area contributed by atoms with E-state index in [9.17, 15) is 9.18 Å². The van der Waals surface area contributed by atoms with Crippen molar-refractivity contribution in [1.82, 2.24) is 10.2 Å². The van der Waals surface area contributed by atoms with Crippen LogP contribution >= 0.6 is 11.6 Å². The Labute approximate surface area is 148 Å². The molecule has 0 spiro atoms. The summed E-state index contributed by atoms with van der Waals surface area (Å²) in [6.07, 6.45) is 2.45. The molecule has 0 saturated carbocycles. The van der Waals surface area contributed by atoms with E-state index >= 15 is 0 Å². The number of nitrogens with two attached hydrogens (primary N) is 1. The summed E-state index contributed by atoms with van der Waals surface area (Å²) in [5.74, 6) is -0.313. The lowest BCUT2D eigenvalue weighted by Gasteiger charge is -2.28. The van der Waals surface area contributed by atoms with E-state index in [4.69, 9.17) is 17.3 Å². The van der Waals surface area contributed by atoms with Crippen LogP contribution in [0.15, 0.2) is 18.2 Å². The smallest absolute Gasteiger partial charge is 0.239 e. The van der Waals surface area contributed by atoms with Gasteiger partial charge in [-0.1, -0.05) is 31.0 Å². The maximum atomic E-state index is 13.8. The van der Waals surface area contributed by atoms with Crippen LogP contribution in [-0.4, -0.2) is 36.5 Å². The molecule has 0 bridgehead atoms. The van der Waals surface area contributed by atoms with Crippen molar-refractivity contribution in [2.75, 3.05) is 20.1 Å². The molecule has 24 heavy (non-hydrogen) atoms. The Morgan fingerprint density at radius 2 is 2.25 bits per heavy atom. The topological polar surface area (TPSA) is 58.4 Å². The summed E-state index contributed by atoms with van der Waals surface area (Å²) in [5.41, 5.74) is 6.12. The Balaban J connectivity index is 2.06. The molecule has 1 amide bonds. The van der Waals surface area contributed by atoms with Gasteiger partial charge in [0.2, 0.25) is 5.91 Å². The Morgan fingerprint density at radius 3 is 2.88 bits per heavy atom. The number of carbonyl (C=O) groups excluding carboxylic acids is 1. The Hall–Kier alpha value is -1.17. The fourth-order valence-electron chi connectivity index (χ4n) is 3.52. The quantitative estimate of drug-likeness (QED) is 0.824. The molecule has 1 aliphatic rings. The normalized spacial score (nSPS) is 23.9. The summed E-state index contributed by atoms with van der Waals surface area (Å²) in [6, 6.07) is 5.00. The van der Waals surface area contributed by atoms with Crippen molar-refractivity contribution in [3.05, 3.63) is 34.6 Å². The number of rotatable bonds is 6. The molecular weight excluding hydrogens is 329 g/mol. The number of benzene rings is 1. The van der Waals surface area contributed by atoms with Crippen molar-refractivity contribution < 1.29 is 9.18 Å². The Bertz CT molecular complexity index is 594. The van der Waals surface area contributed by atoms with Crippen LogP contribution in [0.1, 0.15) is 44.7 Å². The van der Waals surface area contributed by atoms with Gasteiger partial charge in [-0.2, -0.15) is 0 Å². The predicted molar refractivity (Wildman–Crippen MR) is 95.4 cm³/mol. The number of halogens is 2. The molecule has 1 aliphatic heterocycles. The molecule has 3 atom stereocenters. The zero-order chi connectivity index (χ0) is 17.9. The first kappa shape index (κ1) is 19.2. The Morgan fingerprint density at radius 1 is 1.54 bits per heavy atom. The number of likely N-dealkylation sites (tertiary alicyclic amines) is 1. The van der Waals surface area contributed by atoms with Crippen LogP contribution in [-0.2, 0) is 4.79 Å². The summed E-state index contributed by atoms with van der Waals surface area (Å²) in [4.78, 5) is 14.5. The molecular formula is C18H27ClFN3O. The maximum absolute atomic E-state index is 13.8. The van der Waals surface area contributed by atoms with E-state index in [1.165, 1.54) is 6.07 Å². The standard InChI is InChI=1S/C18H27ClFN3O/c1-4-8-18(2,21)17(24)22-11-13-7-9-23(3)16(13)12-5-6-14(19)15(20)10-12/h5-6,10,13,16H,4,7-9,11,21H2,1-3H3,(H,22,24). The summed E-state index contributed by atoms with van der Waals surface area (Å²) in [7, 11) is 2.02. The van der Waals surface area contributed by atoms with Gasteiger partial charge in [-0.15, -0.1) is 0 Å². The van der Waals surface area contributed by atoms with Gasteiger partial charge in [-0.3, -0.25) is 9.69 Å². The van der Waals surface area contributed by atoms with Crippen molar-refractivity contribution in [1.29, 1.82) is 0 Å². The lowest BCUT2D eigenvalue weighted by atomic mass is 9.92. The van der Waals surface area contributed by atoms with Crippen molar-refractivity contribution in [2.24, 2.45) is 11.7 Å². The fraction of sp³-hybridized carbons (Fsp3) is 0.611. The van der Waals surface area contributed by atoms with Gasteiger partial charge >= 0.3 is 0 Å². The number of nitrogens with one attached hydrogen (secondary N) is 1. The van der Waals surface area contributed by atoms with Crippen LogP contribution < -0.4 is 11.1 Å². The minimum Gasteiger partial charge on any atom is -0.354 e. The van der Waals surface area contributed by atoms with E-state index in [0.29, 0.717) is 13.0 Å². The van der Waals surface area contributed by atoms with Gasteiger partial charge in [0, 0.05) is 12.6 Å². The number of hydrogen-bond acceptors (Lipinski definition) is 3. The molecule has 0 aliphatic carbocycles. The van der Waals surface area contributed by atoms with Gasteiger partial charge in [-0.25, -0.2) is 4.39 Å². The van der Waals surface area contributed by atoms with Gasteiger partial charge in [0.05, 0.1) is 10.6 Å². The second-order valence-electron chi connectivity index (χ2n) is 7.03. The SMILES string of the molecule is CCCC(C)(N)C(=O)NCC1CCN(C)C1c1ccc(Cl)c(F)c1. The van der Waals surface area contributed by atoms with Crippen LogP contribution in [0.25, 0.3) is 0 Å². The average molecular weight is 356 g/mol. The van der Waals surface area contributed by atoms with Crippen molar-refractivity contribution in [2.45, 2.75) is 44.7 Å². The minimum atomic E-state index is -0.846. The second kappa shape index (κ2) is 7.81. The van der Waals surface area contributed by atoms with E-state index in [2.05, 4.69) is 10.2 Å². The molecule has 1 fully saturated rings. The van der Waals surface area contributed by atoms with Crippen molar-refractivity contribution in [3.8, 4) is 0 Å². The Kier molecular flexibility index (Phi) is 6.23. The third kappa shape index (κ3) is 4.26. The van der Waals surface area contributed by atoms with Gasteiger partial charge in [-0.05, 0) is 57.0 Å². The van der Waals surface area contributed by atoms with Gasteiger partial charge in [0.15, 0.2) is 0 Å². The number of carbonyl (C=O) groups is 1. The van der Waals surface area contributed by atoms with Gasteiger partial charge in [0.1, 0.15) is 5.82 Å². The molecule has 0 radical (unpaired) electrons. The number of hydrogen-bond donors (Lipinski definition) is 2. The highest BCUT2D eigenvalue weighted by Crippen LogP contribution is 2.36. The molecule has 0 aromatic heterocycles. The zero-order valence-corrected chi connectivity index (χ0v) is 15.4. The highest BCUT2D eigenvalue weighted by Gasteiger charge is 2.35. The zero-order valence-electron chi connectivity index (χ0n) is 14.6. The molecule has 1 aromatic carbocycles. The van der Waals surface area contributed by atoms with Crippen LogP contribution in [0.4, 0.5) is 4.39 Å². The molecule has 2 rings (SSSR count). The molecule has 1 heterocycles. The second-order valence-corrected chi connectivity index (χ2v) is 7.43. The van der Waals surface area contributed by atoms with Gasteiger partial charge in [0.25, 0.3) is 0 Å². The first-order valence-electron chi connectivity index (χ1n) is 8.48. The number of nitrogens with zero attached hydrogens (tertiary/aromatic N) is 1. The van der Waals surface area contributed by atoms with Crippen molar-refractivity contribution >= 4 is 17.5 Å². The van der Waals surface area contributed by atoms with E-state index in [0.717, 1.165) is 24.9 Å². The van der Waals surface area contributed by atoms with E-state index < -0.39 is 11.4 Å². The summed E-state index contributed by atoms with van der Waals surface area (Å²) >= 11 is 5.78. The van der Waals surface area contributed by atoms with E-state index in [1.807, 2.05) is 20.0 Å². The first-order valence-corrected chi connectivity index (χ1v) is 8.86. The molecule has 6 heteroatoms. The van der Waals surface area contributed by atoms with Crippen LogP contribution in [0, 0.1) is 11.7 Å². The highest BCUT2D eigenvalue weighted by atomic mass is 35.5. The van der Waals surface area contributed by atoms with Crippen LogP contribution in [0.5, 0.6) is 0 Å². The molecule has 1 saturated heterocycles.